The molecular weight excluding hydrogens is 404 g/mol. The molecule has 2 aliphatic rings. The van der Waals surface area contributed by atoms with E-state index in [-0.39, 0.29) is 42.2 Å². The Balaban J connectivity index is 2.15. The zero-order valence-corrected chi connectivity index (χ0v) is 22.0. The number of hydrogen-bond acceptors (Lipinski definition) is 5. The molecule has 0 aliphatic heterocycles. The molecule has 0 spiro atoms. The zero-order chi connectivity index (χ0) is 24.1. The van der Waals surface area contributed by atoms with Crippen molar-refractivity contribution in [2.45, 2.75) is 106 Å². The minimum Gasteiger partial charge on any atom is -0.465 e. The van der Waals surface area contributed by atoms with Gasteiger partial charge in [-0.1, -0.05) is 47.0 Å². The predicted molar refractivity (Wildman–Crippen MR) is 128 cm³/mol. The van der Waals surface area contributed by atoms with Crippen molar-refractivity contribution in [3.05, 3.63) is 0 Å². The number of carbonyl (C=O) groups is 1. The van der Waals surface area contributed by atoms with Gasteiger partial charge in [0.1, 0.15) is 6.79 Å². The van der Waals surface area contributed by atoms with Crippen molar-refractivity contribution in [1.82, 2.24) is 0 Å². The molecule has 0 saturated heterocycles. The Morgan fingerprint density at radius 2 is 1.88 bits per heavy atom. The number of methoxy groups -OCH3 is 1. The third-order valence-corrected chi connectivity index (χ3v) is 8.25. The molecule has 0 aromatic carbocycles. The van der Waals surface area contributed by atoms with Crippen LogP contribution in [0.25, 0.3) is 0 Å². The summed E-state index contributed by atoms with van der Waals surface area (Å²) in [5, 5.41) is 11.0. The highest BCUT2D eigenvalue weighted by Gasteiger charge is 2.59. The number of rotatable bonds is 11. The molecule has 2 saturated carbocycles. The van der Waals surface area contributed by atoms with E-state index in [1.807, 2.05) is 20.8 Å². The Morgan fingerprint density at radius 1 is 1.19 bits per heavy atom. The lowest BCUT2D eigenvalue weighted by atomic mass is 9.57. The second-order valence-electron chi connectivity index (χ2n) is 12.2. The van der Waals surface area contributed by atoms with Crippen molar-refractivity contribution < 1.29 is 24.1 Å². The molecule has 2 rings (SSSR count). The molecule has 0 heterocycles. The lowest BCUT2D eigenvalue weighted by molar-refractivity contribution is -0.156. The average Bonchev–Trinajstić information content (AvgIpc) is 3.00. The van der Waals surface area contributed by atoms with Gasteiger partial charge in [0, 0.05) is 7.11 Å². The highest BCUT2D eigenvalue weighted by atomic mass is 16.7. The molecule has 0 unspecified atom stereocenters. The summed E-state index contributed by atoms with van der Waals surface area (Å²) in [4.78, 5) is 12.2. The van der Waals surface area contributed by atoms with E-state index in [2.05, 4.69) is 27.7 Å². The summed E-state index contributed by atoms with van der Waals surface area (Å²) in [6, 6.07) is 0. The minimum atomic E-state index is -0.506. The van der Waals surface area contributed by atoms with E-state index in [9.17, 15) is 9.90 Å². The van der Waals surface area contributed by atoms with Crippen LogP contribution in [0.2, 0.25) is 0 Å². The summed E-state index contributed by atoms with van der Waals surface area (Å²) in [5.74, 6) is 2.11. The van der Waals surface area contributed by atoms with Crippen molar-refractivity contribution in [3.8, 4) is 0 Å². The first kappa shape index (κ1) is 27.6. The van der Waals surface area contributed by atoms with Gasteiger partial charge in [-0.05, 0) is 81.5 Å². The van der Waals surface area contributed by atoms with E-state index in [0.29, 0.717) is 24.9 Å². The normalized spacial score (nSPS) is 33.9. The molecule has 0 aromatic heterocycles. The highest BCUT2D eigenvalue weighted by Crippen LogP contribution is 2.61. The SMILES string of the molecule is COCO[C@H]1C[C@H]([C@H](C)CCCC(C)C)[C@@]2(C)CC[C@@H](O)[C@@H](CCOC(=O)C(C)(C)C)[C@H]12. The second kappa shape index (κ2) is 11.7. The Hall–Kier alpha value is -0.650. The van der Waals surface area contributed by atoms with Crippen LogP contribution in [0.1, 0.15) is 93.4 Å². The number of aliphatic hydroxyl groups is 1. The van der Waals surface area contributed by atoms with Gasteiger partial charge in [-0.25, -0.2) is 0 Å². The smallest absolute Gasteiger partial charge is 0.311 e. The van der Waals surface area contributed by atoms with Gasteiger partial charge < -0.3 is 19.3 Å². The standard InChI is InChI=1S/C27H50O5/c1-18(2)10-9-11-19(3)21-16-23(32-17-30-8)24-20(22(28)12-14-27(21,24)7)13-15-31-25(29)26(4,5)6/h18-24,28H,9-17H2,1-8H3/t19-,20-,21-,22-,23+,24-,27-/m1/s1. The van der Waals surface area contributed by atoms with Crippen LogP contribution in [-0.4, -0.2) is 43.8 Å². The largest absolute Gasteiger partial charge is 0.465 e. The number of esters is 1. The molecule has 0 radical (unpaired) electrons. The van der Waals surface area contributed by atoms with Crippen LogP contribution in [0.15, 0.2) is 0 Å². The molecule has 188 valence electrons. The lowest BCUT2D eigenvalue weighted by Gasteiger charge is -2.49. The second-order valence-corrected chi connectivity index (χ2v) is 12.2. The summed E-state index contributed by atoms with van der Waals surface area (Å²) in [6.45, 7) is 15.7. The first-order valence-electron chi connectivity index (χ1n) is 12.9. The summed E-state index contributed by atoms with van der Waals surface area (Å²) >= 11 is 0. The molecule has 1 N–H and O–H groups in total. The number of aliphatic hydroxyl groups excluding tert-OH is 1. The van der Waals surface area contributed by atoms with Gasteiger partial charge in [0.2, 0.25) is 0 Å². The van der Waals surface area contributed by atoms with E-state index in [1.54, 1.807) is 7.11 Å². The number of ether oxygens (including phenoxy) is 3. The van der Waals surface area contributed by atoms with Gasteiger partial charge in [-0.3, -0.25) is 4.79 Å². The molecule has 0 amide bonds. The molecule has 0 bridgehead atoms. The van der Waals surface area contributed by atoms with Gasteiger partial charge in [0.15, 0.2) is 0 Å². The molecule has 7 atom stereocenters. The van der Waals surface area contributed by atoms with Gasteiger partial charge in [-0.2, -0.15) is 0 Å². The van der Waals surface area contributed by atoms with E-state index in [0.717, 1.165) is 25.2 Å². The molecular formula is C27H50O5. The predicted octanol–water partition coefficient (Wildman–Crippen LogP) is 5.83. The third kappa shape index (κ3) is 6.70. The Bertz CT molecular complexity index is 583. The fourth-order valence-corrected chi connectivity index (χ4v) is 6.50. The van der Waals surface area contributed by atoms with Crippen molar-refractivity contribution >= 4 is 5.97 Å². The Morgan fingerprint density at radius 3 is 2.47 bits per heavy atom. The molecule has 0 aromatic rings. The highest BCUT2D eigenvalue weighted by molar-refractivity contribution is 5.75. The lowest BCUT2D eigenvalue weighted by Crippen LogP contribution is -2.48. The number of hydrogen-bond donors (Lipinski definition) is 1. The topological polar surface area (TPSA) is 65.0 Å². The first-order valence-corrected chi connectivity index (χ1v) is 12.9. The van der Waals surface area contributed by atoms with Gasteiger partial charge in [0.05, 0.1) is 24.2 Å². The monoisotopic (exact) mass is 454 g/mol. The third-order valence-electron chi connectivity index (χ3n) is 8.25. The van der Waals surface area contributed by atoms with Crippen LogP contribution in [0.5, 0.6) is 0 Å². The maximum absolute atomic E-state index is 12.2. The summed E-state index contributed by atoms with van der Waals surface area (Å²) in [6.07, 6.45) is 7.07. The van der Waals surface area contributed by atoms with Crippen molar-refractivity contribution in [1.29, 1.82) is 0 Å². The van der Waals surface area contributed by atoms with E-state index in [1.165, 1.54) is 19.3 Å². The van der Waals surface area contributed by atoms with Gasteiger partial charge >= 0.3 is 5.97 Å². The van der Waals surface area contributed by atoms with Gasteiger partial charge in [0.25, 0.3) is 0 Å². The average molecular weight is 455 g/mol. The van der Waals surface area contributed by atoms with Crippen LogP contribution in [-0.2, 0) is 19.0 Å². The summed E-state index contributed by atoms with van der Waals surface area (Å²) < 4.78 is 17.1. The molecule has 5 nitrogen and oxygen atoms in total. The van der Waals surface area contributed by atoms with Crippen LogP contribution >= 0.6 is 0 Å². The van der Waals surface area contributed by atoms with Crippen LogP contribution < -0.4 is 0 Å². The van der Waals surface area contributed by atoms with Crippen LogP contribution in [0.4, 0.5) is 0 Å². The minimum absolute atomic E-state index is 0.0794. The van der Waals surface area contributed by atoms with Crippen molar-refractivity contribution in [2.75, 3.05) is 20.5 Å². The number of fused-ring (bicyclic) bond motifs is 1. The summed E-state index contributed by atoms with van der Waals surface area (Å²) in [7, 11) is 1.67. The zero-order valence-electron chi connectivity index (χ0n) is 22.0. The fraction of sp³-hybridized carbons (Fsp3) is 0.963. The maximum atomic E-state index is 12.2. The first-order chi connectivity index (χ1) is 14.9. The van der Waals surface area contributed by atoms with E-state index in [4.69, 9.17) is 14.2 Å². The Labute approximate surface area is 197 Å². The van der Waals surface area contributed by atoms with E-state index >= 15 is 0 Å². The maximum Gasteiger partial charge on any atom is 0.311 e. The molecule has 2 aliphatic carbocycles. The van der Waals surface area contributed by atoms with E-state index < -0.39 is 5.41 Å². The quantitative estimate of drug-likeness (QED) is 0.314. The number of carbonyl (C=O) groups excluding carboxylic acids is 1. The van der Waals surface area contributed by atoms with Crippen LogP contribution in [0.3, 0.4) is 0 Å². The van der Waals surface area contributed by atoms with Crippen molar-refractivity contribution in [3.63, 3.8) is 0 Å². The summed E-state index contributed by atoms with van der Waals surface area (Å²) in [5.41, 5.74) is -0.374. The molecule has 2 fully saturated rings. The molecule has 32 heavy (non-hydrogen) atoms. The van der Waals surface area contributed by atoms with Crippen molar-refractivity contribution in [2.24, 2.45) is 40.4 Å². The molecule has 5 heteroatoms. The van der Waals surface area contributed by atoms with Crippen LogP contribution in [0, 0.1) is 40.4 Å². The Kier molecular flexibility index (Phi) is 10.1. The fourth-order valence-electron chi connectivity index (χ4n) is 6.50. The van der Waals surface area contributed by atoms with Gasteiger partial charge in [-0.15, -0.1) is 0 Å².